The van der Waals surface area contributed by atoms with Gasteiger partial charge in [-0.25, -0.2) is 17.7 Å². The molecule has 0 N–H and O–H groups in total. The van der Waals surface area contributed by atoms with Crippen molar-refractivity contribution in [1.82, 2.24) is 4.31 Å². The maximum absolute atomic E-state index is 13.4. The highest BCUT2D eigenvalue weighted by Crippen LogP contribution is 2.30. The Morgan fingerprint density at radius 3 is 2.39 bits per heavy atom. The fraction of sp³-hybridized carbons (Fsp3) is 0.130. The lowest BCUT2D eigenvalue weighted by atomic mass is 10.1. The summed E-state index contributed by atoms with van der Waals surface area (Å²) in [5.74, 6) is -1.74. The number of imide groups is 1. The molecule has 1 unspecified atom stereocenters. The Kier molecular flexibility index (Phi) is 5.43. The van der Waals surface area contributed by atoms with Crippen LogP contribution in [0.15, 0.2) is 84.3 Å². The third kappa shape index (κ3) is 3.75. The molecular formula is C23H19FN2O4S. The monoisotopic (exact) mass is 438 g/mol. The minimum Gasteiger partial charge on any atom is -0.274 e. The number of hydrogen-bond acceptors (Lipinski definition) is 4. The summed E-state index contributed by atoms with van der Waals surface area (Å²) in [6, 6.07) is 15.7. The van der Waals surface area contributed by atoms with Gasteiger partial charge in [0.2, 0.25) is 15.9 Å². The molecule has 1 fully saturated rings. The van der Waals surface area contributed by atoms with E-state index in [-0.39, 0.29) is 23.5 Å². The highest BCUT2D eigenvalue weighted by molar-refractivity contribution is 7.89. The summed E-state index contributed by atoms with van der Waals surface area (Å²) in [6.07, 6.45) is 1.06. The van der Waals surface area contributed by atoms with Crippen LogP contribution in [0.1, 0.15) is 6.42 Å². The van der Waals surface area contributed by atoms with E-state index in [1.807, 2.05) is 12.1 Å². The number of amides is 2. The molecule has 1 saturated heterocycles. The van der Waals surface area contributed by atoms with Crippen molar-refractivity contribution in [2.45, 2.75) is 17.4 Å². The van der Waals surface area contributed by atoms with E-state index in [0.29, 0.717) is 0 Å². The van der Waals surface area contributed by atoms with Crippen LogP contribution in [0.4, 0.5) is 10.1 Å². The highest BCUT2D eigenvalue weighted by Gasteiger charge is 2.46. The Morgan fingerprint density at radius 2 is 1.71 bits per heavy atom. The standard InChI is InChI=1S/C23H19FN2O4S/c1-2-13-25(31(29,30)20-12-7-16-5-3-4-6-17(16)14-20)21-15-22(27)26(23(21)28)19-10-8-18(24)9-11-19/h2-12,14,21H,1,13,15H2. The predicted octanol–water partition coefficient (Wildman–Crippen LogP) is 3.49. The number of carbonyl (C=O) groups excluding carboxylic acids is 2. The number of carbonyl (C=O) groups is 2. The molecule has 0 aliphatic carbocycles. The Bertz CT molecular complexity index is 1290. The number of halogens is 1. The predicted molar refractivity (Wildman–Crippen MR) is 115 cm³/mol. The third-order valence-corrected chi connectivity index (χ3v) is 7.06. The van der Waals surface area contributed by atoms with E-state index >= 15 is 0 Å². The molecule has 6 nitrogen and oxygen atoms in total. The molecule has 0 aromatic heterocycles. The van der Waals surface area contributed by atoms with Crippen molar-refractivity contribution in [2.75, 3.05) is 11.4 Å². The van der Waals surface area contributed by atoms with E-state index < -0.39 is 33.7 Å². The lowest BCUT2D eigenvalue weighted by Gasteiger charge is -2.26. The Morgan fingerprint density at radius 1 is 1.03 bits per heavy atom. The minimum absolute atomic E-state index is 0.0218. The molecule has 1 atom stereocenters. The maximum atomic E-state index is 13.4. The van der Waals surface area contributed by atoms with Gasteiger partial charge in [-0.1, -0.05) is 36.4 Å². The van der Waals surface area contributed by atoms with Crippen LogP contribution in [0.3, 0.4) is 0 Å². The summed E-state index contributed by atoms with van der Waals surface area (Å²) >= 11 is 0. The van der Waals surface area contributed by atoms with Crippen molar-refractivity contribution < 1.29 is 22.4 Å². The molecule has 0 spiro atoms. The molecule has 1 heterocycles. The summed E-state index contributed by atoms with van der Waals surface area (Å²) in [7, 11) is -4.10. The van der Waals surface area contributed by atoms with Crippen LogP contribution in [-0.2, 0) is 19.6 Å². The van der Waals surface area contributed by atoms with Crippen LogP contribution in [0, 0.1) is 5.82 Å². The van der Waals surface area contributed by atoms with Gasteiger partial charge in [-0.15, -0.1) is 6.58 Å². The van der Waals surface area contributed by atoms with Crippen LogP contribution in [-0.4, -0.2) is 37.1 Å². The largest absolute Gasteiger partial charge is 0.274 e. The number of rotatable bonds is 6. The maximum Gasteiger partial charge on any atom is 0.252 e. The van der Waals surface area contributed by atoms with Gasteiger partial charge in [0.15, 0.2) is 0 Å². The quantitative estimate of drug-likeness (QED) is 0.436. The van der Waals surface area contributed by atoms with E-state index in [0.717, 1.165) is 32.1 Å². The van der Waals surface area contributed by atoms with E-state index in [1.54, 1.807) is 24.3 Å². The molecule has 158 valence electrons. The van der Waals surface area contributed by atoms with Gasteiger partial charge >= 0.3 is 0 Å². The van der Waals surface area contributed by atoms with Crippen molar-refractivity contribution in [3.05, 3.63) is 85.2 Å². The number of fused-ring (bicyclic) bond motifs is 1. The number of anilines is 1. The van der Waals surface area contributed by atoms with Crippen LogP contribution >= 0.6 is 0 Å². The van der Waals surface area contributed by atoms with Gasteiger partial charge in [0.05, 0.1) is 17.0 Å². The van der Waals surface area contributed by atoms with Gasteiger partial charge in [0.1, 0.15) is 11.9 Å². The van der Waals surface area contributed by atoms with Crippen molar-refractivity contribution in [3.8, 4) is 0 Å². The zero-order valence-electron chi connectivity index (χ0n) is 16.4. The number of nitrogens with zero attached hydrogens (tertiary/aromatic N) is 2. The summed E-state index contributed by atoms with van der Waals surface area (Å²) in [6.45, 7) is 3.46. The highest BCUT2D eigenvalue weighted by atomic mass is 32.2. The fourth-order valence-electron chi connectivity index (χ4n) is 3.69. The molecule has 0 saturated carbocycles. The molecule has 3 aromatic carbocycles. The second-order valence-corrected chi connectivity index (χ2v) is 9.03. The van der Waals surface area contributed by atoms with Gasteiger partial charge in [-0.2, -0.15) is 4.31 Å². The lowest BCUT2D eigenvalue weighted by molar-refractivity contribution is -0.122. The Labute approximate surface area is 179 Å². The molecule has 3 aromatic rings. The Balaban J connectivity index is 1.72. The zero-order valence-corrected chi connectivity index (χ0v) is 17.3. The SMILES string of the molecule is C=CCN(C1CC(=O)N(c2ccc(F)cc2)C1=O)S(=O)(=O)c1ccc2ccccc2c1. The van der Waals surface area contributed by atoms with E-state index in [1.165, 1.54) is 24.3 Å². The molecular weight excluding hydrogens is 419 g/mol. The fourth-order valence-corrected chi connectivity index (χ4v) is 5.27. The second-order valence-electron chi connectivity index (χ2n) is 7.14. The number of hydrogen-bond donors (Lipinski definition) is 0. The lowest BCUT2D eigenvalue weighted by Crippen LogP contribution is -2.45. The van der Waals surface area contributed by atoms with Crippen LogP contribution in [0.25, 0.3) is 10.8 Å². The topological polar surface area (TPSA) is 74.8 Å². The number of sulfonamides is 1. The molecule has 0 radical (unpaired) electrons. The van der Waals surface area contributed by atoms with E-state index in [2.05, 4.69) is 6.58 Å². The normalized spacial score (nSPS) is 17.0. The van der Waals surface area contributed by atoms with Gasteiger partial charge in [-0.05, 0) is 47.2 Å². The summed E-state index contributed by atoms with van der Waals surface area (Å²) in [5, 5.41) is 1.62. The van der Waals surface area contributed by atoms with Crippen molar-refractivity contribution >= 4 is 38.3 Å². The zero-order chi connectivity index (χ0) is 22.2. The van der Waals surface area contributed by atoms with Crippen molar-refractivity contribution in [1.29, 1.82) is 0 Å². The average molecular weight is 438 g/mol. The summed E-state index contributed by atoms with van der Waals surface area (Å²) in [5.41, 5.74) is 0.195. The van der Waals surface area contributed by atoms with E-state index in [9.17, 15) is 22.4 Å². The molecule has 2 amide bonds. The third-order valence-electron chi connectivity index (χ3n) is 5.19. The molecule has 0 bridgehead atoms. The van der Waals surface area contributed by atoms with Crippen LogP contribution in [0.5, 0.6) is 0 Å². The smallest absolute Gasteiger partial charge is 0.252 e. The van der Waals surface area contributed by atoms with Gasteiger partial charge < -0.3 is 0 Å². The molecule has 8 heteroatoms. The summed E-state index contributed by atoms with van der Waals surface area (Å²) in [4.78, 5) is 26.6. The summed E-state index contributed by atoms with van der Waals surface area (Å²) < 4.78 is 41.1. The molecule has 1 aliphatic heterocycles. The first-order chi connectivity index (χ1) is 14.8. The molecule has 31 heavy (non-hydrogen) atoms. The van der Waals surface area contributed by atoms with E-state index in [4.69, 9.17) is 0 Å². The average Bonchev–Trinajstić information content (AvgIpc) is 3.05. The van der Waals surface area contributed by atoms with Gasteiger partial charge in [0, 0.05) is 6.54 Å². The van der Waals surface area contributed by atoms with Gasteiger partial charge in [0.25, 0.3) is 5.91 Å². The van der Waals surface area contributed by atoms with Crippen molar-refractivity contribution in [3.63, 3.8) is 0 Å². The minimum atomic E-state index is -4.10. The number of benzene rings is 3. The molecule has 4 rings (SSSR count). The van der Waals surface area contributed by atoms with Crippen LogP contribution in [0.2, 0.25) is 0 Å². The molecule has 1 aliphatic rings. The van der Waals surface area contributed by atoms with Crippen molar-refractivity contribution in [2.24, 2.45) is 0 Å². The first kappa shape index (κ1) is 20.9. The first-order valence-electron chi connectivity index (χ1n) is 9.57. The van der Waals surface area contributed by atoms with Gasteiger partial charge in [-0.3, -0.25) is 9.59 Å². The second kappa shape index (κ2) is 8.05. The first-order valence-corrected chi connectivity index (χ1v) is 11.0. The van der Waals surface area contributed by atoms with Crippen LogP contribution < -0.4 is 4.90 Å². The Hall–Kier alpha value is -3.36.